The Balaban J connectivity index is 1.82. The summed E-state index contributed by atoms with van der Waals surface area (Å²) in [5, 5.41) is 11.0. The average Bonchev–Trinajstić information content (AvgIpc) is 3.29. The summed E-state index contributed by atoms with van der Waals surface area (Å²) in [6.45, 7) is 4.18. The van der Waals surface area contributed by atoms with E-state index in [2.05, 4.69) is 46.3 Å². The number of thiophene rings is 1. The van der Waals surface area contributed by atoms with Gasteiger partial charge in [-0.15, -0.1) is 21.5 Å². The van der Waals surface area contributed by atoms with Gasteiger partial charge in [0.2, 0.25) is 0 Å². The lowest BCUT2D eigenvalue weighted by atomic mass is 10.1. The molecular formula is C18H18N4S. The number of anilines is 1. The number of hydrogen-bond donors (Lipinski definition) is 0. The highest BCUT2D eigenvalue weighted by Gasteiger charge is 2.21. The van der Waals surface area contributed by atoms with Gasteiger partial charge in [0.1, 0.15) is 5.69 Å². The maximum Gasteiger partial charge on any atom is 0.193 e. The van der Waals surface area contributed by atoms with Crippen molar-refractivity contribution in [3.63, 3.8) is 0 Å². The fourth-order valence-electron chi connectivity index (χ4n) is 2.88. The van der Waals surface area contributed by atoms with Crippen LogP contribution in [0.1, 0.15) is 18.4 Å². The second-order valence-electron chi connectivity index (χ2n) is 5.85. The van der Waals surface area contributed by atoms with Crippen molar-refractivity contribution in [3.8, 4) is 22.0 Å². The zero-order valence-corrected chi connectivity index (χ0v) is 13.9. The van der Waals surface area contributed by atoms with E-state index in [1.54, 1.807) is 11.3 Å². The van der Waals surface area contributed by atoms with Gasteiger partial charge in [0, 0.05) is 18.7 Å². The van der Waals surface area contributed by atoms with E-state index in [0.717, 1.165) is 40.9 Å². The summed E-state index contributed by atoms with van der Waals surface area (Å²) in [5.74, 6) is 1.68. The SMILES string of the molecule is Cc1ccc(-c2nnc(-c3cccs3)nc2N2CCCC2)cc1. The molecule has 3 heterocycles. The van der Waals surface area contributed by atoms with Gasteiger partial charge in [0.05, 0.1) is 4.88 Å². The fourth-order valence-corrected chi connectivity index (χ4v) is 3.53. The summed E-state index contributed by atoms with van der Waals surface area (Å²) in [5.41, 5.74) is 3.20. The molecule has 0 amide bonds. The normalized spacial score (nSPS) is 14.4. The third kappa shape index (κ3) is 2.84. The average molecular weight is 322 g/mol. The maximum absolute atomic E-state index is 4.86. The lowest BCUT2D eigenvalue weighted by Gasteiger charge is -2.19. The van der Waals surface area contributed by atoms with Crippen LogP contribution in [-0.2, 0) is 0 Å². The Morgan fingerprint density at radius 3 is 2.48 bits per heavy atom. The molecule has 0 unspecified atom stereocenters. The molecule has 4 nitrogen and oxygen atoms in total. The largest absolute Gasteiger partial charge is 0.355 e. The number of benzene rings is 1. The van der Waals surface area contributed by atoms with Gasteiger partial charge in [-0.2, -0.15) is 0 Å². The lowest BCUT2D eigenvalue weighted by Crippen LogP contribution is -2.21. The third-order valence-electron chi connectivity index (χ3n) is 4.14. The van der Waals surface area contributed by atoms with Crippen LogP contribution in [0.15, 0.2) is 41.8 Å². The summed E-state index contributed by atoms with van der Waals surface area (Å²) in [6, 6.07) is 12.5. The highest BCUT2D eigenvalue weighted by atomic mass is 32.1. The van der Waals surface area contributed by atoms with Gasteiger partial charge in [0.25, 0.3) is 0 Å². The molecule has 0 spiro atoms. The van der Waals surface area contributed by atoms with Gasteiger partial charge < -0.3 is 4.90 Å². The first-order valence-electron chi connectivity index (χ1n) is 7.92. The quantitative estimate of drug-likeness (QED) is 0.725. The number of aromatic nitrogens is 3. The number of hydrogen-bond acceptors (Lipinski definition) is 5. The third-order valence-corrected chi connectivity index (χ3v) is 5.01. The zero-order valence-electron chi connectivity index (χ0n) is 13.1. The van der Waals surface area contributed by atoms with Crippen molar-refractivity contribution in [3.05, 3.63) is 47.3 Å². The molecule has 116 valence electrons. The highest BCUT2D eigenvalue weighted by Crippen LogP contribution is 2.31. The van der Waals surface area contributed by atoms with Crippen molar-refractivity contribution in [2.45, 2.75) is 19.8 Å². The van der Waals surface area contributed by atoms with E-state index in [4.69, 9.17) is 4.98 Å². The van der Waals surface area contributed by atoms with E-state index in [1.807, 2.05) is 17.5 Å². The van der Waals surface area contributed by atoms with Crippen molar-refractivity contribution >= 4 is 17.2 Å². The number of nitrogens with zero attached hydrogens (tertiary/aromatic N) is 4. The standard InChI is InChI=1S/C18H18N4S/c1-13-6-8-14(9-7-13)16-18(22-10-2-3-11-22)19-17(21-20-16)15-5-4-12-23-15/h4-9,12H,2-3,10-11H2,1H3. The van der Waals surface area contributed by atoms with Crippen LogP contribution in [0.3, 0.4) is 0 Å². The molecular weight excluding hydrogens is 304 g/mol. The summed E-state index contributed by atoms with van der Waals surface area (Å²) in [7, 11) is 0. The smallest absolute Gasteiger partial charge is 0.193 e. The second-order valence-corrected chi connectivity index (χ2v) is 6.79. The van der Waals surface area contributed by atoms with Crippen LogP contribution in [0.5, 0.6) is 0 Å². The maximum atomic E-state index is 4.86. The van der Waals surface area contributed by atoms with Crippen LogP contribution in [0.4, 0.5) is 5.82 Å². The predicted octanol–water partition coefficient (Wildman–Crippen LogP) is 4.18. The molecule has 1 fully saturated rings. The molecule has 1 saturated heterocycles. The molecule has 1 aromatic carbocycles. The Bertz CT molecular complexity index is 790. The minimum Gasteiger partial charge on any atom is -0.355 e. The summed E-state index contributed by atoms with van der Waals surface area (Å²) >= 11 is 1.65. The Hall–Kier alpha value is -2.27. The van der Waals surface area contributed by atoms with Crippen LogP contribution in [0, 0.1) is 6.92 Å². The van der Waals surface area contributed by atoms with Crippen LogP contribution >= 0.6 is 11.3 Å². The molecule has 5 heteroatoms. The van der Waals surface area contributed by atoms with Crippen molar-refractivity contribution in [1.29, 1.82) is 0 Å². The van der Waals surface area contributed by atoms with E-state index < -0.39 is 0 Å². The lowest BCUT2D eigenvalue weighted by molar-refractivity contribution is 0.897. The van der Waals surface area contributed by atoms with Crippen molar-refractivity contribution in [2.75, 3.05) is 18.0 Å². The van der Waals surface area contributed by atoms with Crippen LogP contribution < -0.4 is 4.90 Å². The van der Waals surface area contributed by atoms with Crippen LogP contribution in [-0.4, -0.2) is 28.3 Å². The molecule has 4 rings (SSSR count). The van der Waals surface area contributed by atoms with E-state index >= 15 is 0 Å². The summed E-state index contributed by atoms with van der Waals surface area (Å²) in [6.07, 6.45) is 2.43. The Kier molecular flexibility index (Phi) is 3.79. The number of rotatable bonds is 3. The second kappa shape index (κ2) is 6.08. The van der Waals surface area contributed by atoms with E-state index in [9.17, 15) is 0 Å². The van der Waals surface area contributed by atoms with Crippen molar-refractivity contribution in [2.24, 2.45) is 0 Å². The minimum absolute atomic E-state index is 0.720. The van der Waals surface area contributed by atoms with Gasteiger partial charge in [-0.1, -0.05) is 35.9 Å². The van der Waals surface area contributed by atoms with Crippen molar-refractivity contribution in [1.82, 2.24) is 15.2 Å². The van der Waals surface area contributed by atoms with Crippen molar-refractivity contribution < 1.29 is 0 Å². The van der Waals surface area contributed by atoms with E-state index in [1.165, 1.54) is 18.4 Å². The Morgan fingerprint density at radius 1 is 1.00 bits per heavy atom. The summed E-state index contributed by atoms with van der Waals surface area (Å²) < 4.78 is 0. The van der Waals surface area contributed by atoms with Crippen LogP contribution in [0.25, 0.3) is 22.0 Å². The molecule has 0 aliphatic carbocycles. The summed E-state index contributed by atoms with van der Waals surface area (Å²) in [4.78, 5) is 8.26. The molecule has 0 N–H and O–H groups in total. The number of aryl methyl sites for hydroxylation is 1. The predicted molar refractivity (Wildman–Crippen MR) is 94.8 cm³/mol. The van der Waals surface area contributed by atoms with E-state index in [0.29, 0.717) is 0 Å². The molecule has 2 aromatic heterocycles. The van der Waals surface area contributed by atoms with Gasteiger partial charge in [0.15, 0.2) is 11.6 Å². The molecule has 0 saturated carbocycles. The first kappa shape index (κ1) is 14.3. The van der Waals surface area contributed by atoms with E-state index in [-0.39, 0.29) is 0 Å². The van der Waals surface area contributed by atoms with Gasteiger partial charge in [-0.05, 0) is 31.2 Å². The molecule has 0 atom stereocenters. The molecule has 0 bridgehead atoms. The first-order valence-corrected chi connectivity index (χ1v) is 8.80. The van der Waals surface area contributed by atoms with Gasteiger partial charge in [-0.3, -0.25) is 0 Å². The first-order chi connectivity index (χ1) is 11.3. The minimum atomic E-state index is 0.720. The molecule has 1 aliphatic heterocycles. The molecule has 1 aliphatic rings. The fraction of sp³-hybridized carbons (Fsp3) is 0.278. The topological polar surface area (TPSA) is 41.9 Å². The molecule has 0 radical (unpaired) electrons. The van der Waals surface area contributed by atoms with Gasteiger partial charge >= 0.3 is 0 Å². The molecule has 3 aromatic rings. The van der Waals surface area contributed by atoms with Gasteiger partial charge in [-0.25, -0.2) is 4.98 Å². The molecule has 23 heavy (non-hydrogen) atoms. The monoisotopic (exact) mass is 322 g/mol. The zero-order chi connectivity index (χ0) is 15.6. The Labute approximate surface area is 139 Å². The Morgan fingerprint density at radius 2 is 1.78 bits per heavy atom. The van der Waals surface area contributed by atoms with Crippen LogP contribution in [0.2, 0.25) is 0 Å². The highest BCUT2D eigenvalue weighted by molar-refractivity contribution is 7.13.